The summed E-state index contributed by atoms with van der Waals surface area (Å²) in [6, 6.07) is 0. The van der Waals surface area contributed by atoms with E-state index < -0.39 is 0 Å². The Kier molecular flexibility index (Phi) is 5.58. The molecule has 1 aliphatic heterocycles. The maximum Gasteiger partial charge on any atom is 0.0546 e. The Balaban J connectivity index is 2.47. The van der Waals surface area contributed by atoms with Gasteiger partial charge in [0.2, 0.25) is 0 Å². The van der Waals surface area contributed by atoms with Crippen molar-refractivity contribution in [2.24, 2.45) is 5.41 Å². The maximum atomic E-state index is 5.65. The molecule has 90 valence electrons. The molecule has 3 nitrogen and oxygen atoms in total. The van der Waals surface area contributed by atoms with Crippen LogP contribution in [0.3, 0.4) is 0 Å². The molecule has 0 bridgehead atoms. The Morgan fingerprint density at radius 2 is 2.27 bits per heavy atom. The summed E-state index contributed by atoms with van der Waals surface area (Å²) in [6.45, 7) is 7.51. The summed E-state index contributed by atoms with van der Waals surface area (Å²) in [5, 5.41) is 3.32. The largest absolute Gasteiger partial charge is 0.381 e. The molecule has 0 aromatic heterocycles. The van der Waals surface area contributed by atoms with E-state index in [0.717, 1.165) is 26.3 Å². The molecular formula is C12H26N2O. The van der Waals surface area contributed by atoms with Crippen LogP contribution in [-0.2, 0) is 4.74 Å². The molecule has 3 heteroatoms. The Bertz CT molecular complexity index is 161. The van der Waals surface area contributed by atoms with E-state index in [4.69, 9.17) is 4.74 Å². The summed E-state index contributed by atoms with van der Waals surface area (Å²) in [5.41, 5.74) is 0.344. The first-order valence-electron chi connectivity index (χ1n) is 6.13. The van der Waals surface area contributed by atoms with Crippen molar-refractivity contribution in [2.45, 2.75) is 26.2 Å². The Hall–Kier alpha value is -0.120. The Morgan fingerprint density at radius 1 is 1.47 bits per heavy atom. The minimum atomic E-state index is 0.344. The molecule has 1 aliphatic rings. The molecule has 1 N–H and O–H groups in total. The first-order chi connectivity index (χ1) is 7.22. The van der Waals surface area contributed by atoms with Gasteiger partial charge in [-0.3, -0.25) is 0 Å². The highest BCUT2D eigenvalue weighted by atomic mass is 16.5. The van der Waals surface area contributed by atoms with E-state index in [-0.39, 0.29) is 0 Å². The number of nitrogens with zero attached hydrogens (tertiary/aromatic N) is 1. The fraction of sp³-hybridized carbons (Fsp3) is 1.00. The number of ether oxygens (including phenoxy) is 1. The second kappa shape index (κ2) is 6.46. The molecule has 0 aromatic carbocycles. The van der Waals surface area contributed by atoms with Crippen LogP contribution < -0.4 is 5.32 Å². The van der Waals surface area contributed by atoms with Gasteiger partial charge in [0, 0.05) is 25.1 Å². The van der Waals surface area contributed by atoms with Crippen molar-refractivity contribution < 1.29 is 4.74 Å². The minimum Gasteiger partial charge on any atom is -0.381 e. The van der Waals surface area contributed by atoms with E-state index in [0.29, 0.717) is 5.41 Å². The van der Waals surface area contributed by atoms with Crippen LogP contribution in [0, 0.1) is 5.41 Å². The predicted molar refractivity (Wildman–Crippen MR) is 64.2 cm³/mol. The summed E-state index contributed by atoms with van der Waals surface area (Å²) in [7, 11) is 4.26. The third kappa shape index (κ3) is 4.09. The molecule has 1 atom stereocenters. The quantitative estimate of drug-likeness (QED) is 0.722. The summed E-state index contributed by atoms with van der Waals surface area (Å²) < 4.78 is 5.65. The van der Waals surface area contributed by atoms with Gasteiger partial charge < -0.3 is 15.0 Å². The third-order valence-corrected chi connectivity index (χ3v) is 3.17. The van der Waals surface area contributed by atoms with Crippen LogP contribution in [0.5, 0.6) is 0 Å². The zero-order chi connectivity index (χ0) is 11.1. The zero-order valence-corrected chi connectivity index (χ0v) is 10.5. The van der Waals surface area contributed by atoms with Gasteiger partial charge >= 0.3 is 0 Å². The van der Waals surface area contributed by atoms with Crippen molar-refractivity contribution in [1.29, 1.82) is 0 Å². The van der Waals surface area contributed by atoms with Crippen molar-refractivity contribution in [3.63, 3.8) is 0 Å². The van der Waals surface area contributed by atoms with Crippen molar-refractivity contribution in [3.8, 4) is 0 Å². The molecule has 0 saturated carbocycles. The van der Waals surface area contributed by atoms with E-state index in [1.807, 2.05) is 7.05 Å². The average molecular weight is 214 g/mol. The van der Waals surface area contributed by atoms with Crippen LogP contribution in [0.1, 0.15) is 26.2 Å². The van der Waals surface area contributed by atoms with Crippen LogP contribution in [0.2, 0.25) is 0 Å². The molecule has 1 saturated heterocycles. The topological polar surface area (TPSA) is 24.5 Å². The first-order valence-corrected chi connectivity index (χ1v) is 6.13. The lowest BCUT2D eigenvalue weighted by molar-refractivity contribution is -0.0217. The van der Waals surface area contributed by atoms with E-state index in [2.05, 4.69) is 24.2 Å². The summed E-state index contributed by atoms with van der Waals surface area (Å²) >= 11 is 0. The van der Waals surface area contributed by atoms with Gasteiger partial charge in [0.1, 0.15) is 0 Å². The highest BCUT2D eigenvalue weighted by Gasteiger charge is 2.33. The number of rotatable bonds is 6. The van der Waals surface area contributed by atoms with E-state index >= 15 is 0 Å². The van der Waals surface area contributed by atoms with Crippen molar-refractivity contribution >= 4 is 0 Å². The summed E-state index contributed by atoms with van der Waals surface area (Å²) in [4.78, 5) is 2.44. The molecule has 0 aromatic rings. The molecule has 1 rings (SSSR count). The predicted octanol–water partition coefficient (Wildman–Crippen LogP) is 1.34. The van der Waals surface area contributed by atoms with Gasteiger partial charge in [-0.25, -0.2) is 0 Å². The van der Waals surface area contributed by atoms with Crippen LogP contribution in [0.25, 0.3) is 0 Å². The van der Waals surface area contributed by atoms with Gasteiger partial charge in [0.05, 0.1) is 6.61 Å². The number of nitrogens with one attached hydrogen (secondary N) is 1. The molecule has 1 fully saturated rings. The molecule has 0 spiro atoms. The average Bonchev–Trinajstić information content (AvgIpc) is 2.19. The minimum absolute atomic E-state index is 0.344. The molecular weight excluding hydrogens is 188 g/mol. The second-order valence-electron chi connectivity index (χ2n) is 4.92. The fourth-order valence-electron chi connectivity index (χ4n) is 2.64. The highest BCUT2D eigenvalue weighted by molar-refractivity contribution is 4.86. The summed E-state index contributed by atoms with van der Waals surface area (Å²) in [6.07, 6.45) is 3.73. The van der Waals surface area contributed by atoms with Gasteiger partial charge in [-0.1, -0.05) is 6.92 Å². The molecule has 0 aliphatic carbocycles. The molecule has 15 heavy (non-hydrogen) atoms. The van der Waals surface area contributed by atoms with E-state index in [9.17, 15) is 0 Å². The van der Waals surface area contributed by atoms with Crippen molar-refractivity contribution in [1.82, 2.24) is 10.2 Å². The van der Waals surface area contributed by atoms with Gasteiger partial charge in [-0.15, -0.1) is 0 Å². The van der Waals surface area contributed by atoms with Crippen molar-refractivity contribution in [2.75, 3.05) is 46.9 Å². The zero-order valence-electron chi connectivity index (χ0n) is 10.5. The van der Waals surface area contributed by atoms with E-state index in [1.165, 1.54) is 25.8 Å². The Morgan fingerprint density at radius 3 is 2.80 bits per heavy atom. The SMILES string of the molecule is CCCN(C)CC1(CNC)CCCOC1. The van der Waals surface area contributed by atoms with Crippen LogP contribution in [0.15, 0.2) is 0 Å². The Labute approximate surface area is 94.2 Å². The van der Waals surface area contributed by atoms with Gasteiger partial charge in [-0.05, 0) is 39.9 Å². The lowest BCUT2D eigenvalue weighted by Crippen LogP contribution is -2.47. The van der Waals surface area contributed by atoms with Crippen molar-refractivity contribution in [3.05, 3.63) is 0 Å². The number of hydrogen-bond donors (Lipinski definition) is 1. The molecule has 0 amide bonds. The van der Waals surface area contributed by atoms with Gasteiger partial charge in [0.15, 0.2) is 0 Å². The third-order valence-electron chi connectivity index (χ3n) is 3.17. The summed E-state index contributed by atoms with van der Waals surface area (Å²) in [5.74, 6) is 0. The second-order valence-corrected chi connectivity index (χ2v) is 4.92. The van der Waals surface area contributed by atoms with Gasteiger partial charge in [-0.2, -0.15) is 0 Å². The lowest BCUT2D eigenvalue weighted by atomic mass is 9.82. The monoisotopic (exact) mass is 214 g/mol. The smallest absolute Gasteiger partial charge is 0.0546 e. The van der Waals surface area contributed by atoms with Crippen LogP contribution in [0.4, 0.5) is 0 Å². The first kappa shape index (κ1) is 12.9. The molecule has 1 unspecified atom stereocenters. The fourth-order valence-corrected chi connectivity index (χ4v) is 2.64. The maximum absolute atomic E-state index is 5.65. The van der Waals surface area contributed by atoms with E-state index in [1.54, 1.807) is 0 Å². The standard InChI is InChI=1S/C12H26N2O/c1-4-7-14(3)10-12(9-13-2)6-5-8-15-11-12/h13H,4-11H2,1-3H3. The molecule has 1 heterocycles. The molecule has 0 radical (unpaired) electrons. The normalized spacial score (nSPS) is 27.2. The highest BCUT2D eigenvalue weighted by Crippen LogP contribution is 2.28. The lowest BCUT2D eigenvalue weighted by Gasteiger charge is -2.39. The van der Waals surface area contributed by atoms with Crippen LogP contribution >= 0.6 is 0 Å². The van der Waals surface area contributed by atoms with Crippen LogP contribution in [-0.4, -0.2) is 51.8 Å². The van der Waals surface area contributed by atoms with Gasteiger partial charge in [0.25, 0.3) is 0 Å². The number of hydrogen-bond acceptors (Lipinski definition) is 3.